The molecular formula is C15H16IN3O. The molecule has 0 aromatic heterocycles. The Balaban J connectivity index is 2.17. The molecule has 0 aliphatic rings. The lowest BCUT2D eigenvalue weighted by atomic mass is 10.1. The number of nitrogens with zero attached hydrogens (tertiary/aromatic N) is 1. The third kappa shape index (κ3) is 3.41. The molecule has 1 amide bonds. The van der Waals surface area contributed by atoms with Crippen LogP contribution in [0, 0.1) is 3.57 Å². The Kier molecular flexibility index (Phi) is 4.49. The van der Waals surface area contributed by atoms with Crippen LogP contribution in [-0.2, 0) is 0 Å². The van der Waals surface area contributed by atoms with Crippen LogP contribution in [0.3, 0.4) is 0 Å². The average Bonchev–Trinajstić information content (AvgIpc) is 2.40. The fourth-order valence-electron chi connectivity index (χ4n) is 1.84. The quantitative estimate of drug-likeness (QED) is 0.634. The van der Waals surface area contributed by atoms with E-state index in [2.05, 4.69) is 27.9 Å². The first-order chi connectivity index (χ1) is 9.47. The lowest BCUT2D eigenvalue weighted by Crippen LogP contribution is -2.15. The van der Waals surface area contributed by atoms with Gasteiger partial charge in [-0.1, -0.05) is 0 Å². The summed E-state index contributed by atoms with van der Waals surface area (Å²) >= 11 is 2.22. The molecule has 0 fully saturated rings. The molecule has 0 saturated heterocycles. The van der Waals surface area contributed by atoms with Crippen molar-refractivity contribution >= 4 is 45.6 Å². The first-order valence-corrected chi connectivity index (χ1v) is 7.19. The van der Waals surface area contributed by atoms with E-state index >= 15 is 0 Å². The number of carbonyl (C=O) groups excluding carboxylic acids is 1. The summed E-state index contributed by atoms with van der Waals surface area (Å²) in [6.07, 6.45) is 0. The fraction of sp³-hybridized carbons (Fsp3) is 0.133. The van der Waals surface area contributed by atoms with Crippen molar-refractivity contribution in [1.29, 1.82) is 0 Å². The summed E-state index contributed by atoms with van der Waals surface area (Å²) in [5.41, 5.74) is 8.75. The fourth-order valence-corrected chi connectivity index (χ4v) is 2.20. The molecule has 0 unspecified atom stereocenters. The molecule has 104 valence electrons. The SMILES string of the molecule is CN(C)c1ccc(C(=O)Nc2ccc(I)cc2)cc1N. The second-order valence-electron chi connectivity index (χ2n) is 4.63. The van der Waals surface area contributed by atoms with Gasteiger partial charge in [0.2, 0.25) is 0 Å². The van der Waals surface area contributed by atoms with E-state index in [4.69, 9.17) is 5.73 Å². The monoisotopic (exact) mass is 381 g/mol. The minimum Gasteiger partial charge on any atom is -0.397 e. The maximum atomic E-state index is 12.2. The van der Waals surface area contributed by atoms with Crippen molar-refractivity contribution in [2.45, 2.75) is 0 Å². The molecule has 0 bridgehead atoms. The smallest absolute Gasteiger partial charge is 0.255 e. The van der Waals surface area contributed by atoms with Gasteiger partial charge in [-0.15, -0.1) is 0 Å². The van der Waals surface area contributed by atoms with Crippen molar-refractivity contribution in [3.8, 4) is 0 Å². The minimum absolute atomic E-state index is 0.164. The highest BCUT2D eigenvalue weighted by atomic mass is 127. The number of halogens is 1. The molecule has 0 heterocycles. The van der Waals surface area contributed by atoms with E-state index < -0.39 is 0 Å². The first kappa shape index (κ1) is 14.6. The Bertz CT molecular complexity index is 624. The Hall–Kier alpha value is -1.76. The Labute approximate surface area is 132 Å². The number of amides is 1. The molecule has 20 heavy (non-hydrogen) atoms. The maximum Gasteiger partial charge on any atom is 0.255 e. The number of nitrogens with one attached hydrogen (secondary N) is 1. The van der Waals surface area contributed by atoms with E-state index in [0.29, 0.717) is 11.3 Å². The first-order valence-electron chi connectivity index (χ1n) is 6.11. The zero-order chi connectivity index (χ0) is 14.7. The van der Waals surface area contributed by atoms with Gasteiger partial charge in [0.05, 0.1) is 11.4 Å². The van der Waals surface area contributed by atoms with E-state index in [1.165, 1.54) is 0 Å². The van der Waals surface area contributed by atoms with Gasteiger partial charge in [0.1, 0.15) is 0 Å². The molecular weight excluding hydrogens is 365 g/mol. The van der Waals surface area contributed by atoms with Crippen LogP contribution in [0.15, 0.2) is 42.5 Å². The van der Waals surface area contributed by atoms with E-state index in [1.807, 2.05) is 49.3 Å². The minimum atomic E-state index is -0.164. The molecule has 5 heteroatoms. The number of benzene rings is 2. The predicted octanol–water partition coefficient (Wildman–Crippen LogP) is 3.19. The highest BCUT2D eigenvalue weighted by Gasteiger charge is 2.09. The van der Waals surface area contributed by atoms with Crippen molar-refractivity contribution in [2.75, 3.05) is 30.0 Å². The largest absolute Gasteiger partial charge is 0.397 e. The average molecular weight is 381 g/mol. The zero-order valence-corrected chi connectivity index (χ0v) is 13.5. The Morgan fingerprint density at radius 2 is 1.80 bits per heavy atom. The lowest BCUT2D eigenvalue weighted by molar-refractivity contribution is 0.102. The lowest BCUT2D eigenvalue weighted by Gasteiger charge is -2.16. The summed E-state index contributed by atoms with van der Waals surface area (Å²) in [6.45, 7) is 0. The summed E-state index contributed by atoms with van der Waals surface area (Å²) < 4.78 is 1.13. The Morgan fingerprint density at radius 1 is 1.15 bits per heavy atom. The van der Waals surface area contributed by atoms with E-state index in [1.54, 1.807) is 12.1 Å². The number of hydrogen-bond acceptors (Lipinski definition) is 3. The summed E-state index contributed by atoms with van der Waals surface area (Å²) in [7, 11) is 3.83. The molecule has 2 aromatic rings. The van der Waals surface area contributed by atoms with Crippen LogP contribution in [0.2, 0.25) is 0 Å². The molecule has 2 rings (SSSR count). The van der Waals surface area contributed by atoms with Crippen molar-refractivity contribution in [2.24, 2.45) is 0 Å². The second-order valence-corrected chi connectivity index (χ2v) is 5.87. The predicted molar refractivity (Wildman–Crippen MR) is 92.3 cm³/mol. The number of carbonyl (C=O) groups is 1. The van der Waals surface area contributed by atoms with Crippen molar-refractivity contribution in [3.05, 3.63) is 51.6 Å². The number of anilines is 3. The maximum absolute atomic E-state index is 12.2. The molecule has 0 saturated carbocycles. The molecule has 3 N–H and O–H groups in total. The van der Waals surface area contributed by atoms with E-state index in [9.17, 15) is 4.79 Å². The van der Waals surface area contributed by atoms with Gasteiger partial charge in [-0.05, 0) is 65.1 Å². The van der Waals surface area contributed by atoms with Gasteiger partial charge < -0.3 is 16.0 Å². The topological polar surface area (TPSA) is 58.4 Å². The normalized spacial score (nSPS) is 10.2. The van der Waals surface area contributed by atoms with Gasteiger partial charge in [0, 0.05) is 28.9 Å². The van der Waals surface area contributed by atoms with E-state index in [0.717, 1.165) is 14.9 Å². The van der Waals surface area contributed by atoms with Gasteiger partial charge in [0.25, 0.3) is 5.91 Å². The van der Waals surface area contributed by atoms with E-state index in [-0.39, 0.29) is 5.91 Å². The molecule has 2 aromatic carbocycles. The Morgan fingerprint density at radius 3 is 2.35 bits per heavy atom. The summed E-state index contributed by atoms with van der Waals surface area (Å²) in [5.74, 6) is -0.164. The zero-order valence-electron chi connectivity index (χ0n) is 11.4. The van der Waals surface area contributed by atoms with Crippen molar-refractivity contribution < 1.29 is 4.79 Å². The van der Waals surface area contributed by atoms with Crippen LogP contribution in [0.25, 0.3) is 0 Å². The van der Waals surface area contributed by atoms with Gasteiger partial charge >= 0.3 is 0 Å². The number of hydrogen-bond donors (Lipinski definition) is 2. The summed E-state index contributed by atoms with van der Waals surface area (Å²) in [6, 6.07) is 12.9. The standard InChI is InChI=1S/C15H16IN3O/c1-19(2)14-8-3-10(9-13(14)17)15(20)18-12-6-4-11(16)5-7-12/h3-9H,17H2,1-2H3,(H,18,20). The van der Waals surface area contributed by atoms with Crippen LogP contribution >= 0.6 is 22.6 Å². The molecule has 4 nitrogen and oxygen atoms in total. The van der Waals surface area contributed by atoms with Crippen molar-refractivity contribution in [3.63, 3.8) is 0 Å². The molecule has 0 aliphatic carbocycles. The van der Waals surface area contributed by atoms with Gasteiger partial charge in [0.15, 0.2) is 0 Å². The van der Waals surface area contributed by atoms with Crippen molar-refractivity contribution in [1.82, 2.24) is 0 Å². The van der Waals surface area contributed by atoms with Crippen LogP contribution in [0.1, 0.15) is 10.4 Å². The van der Waals surface area contributed by atoms with Crippen LogP contribution in [0.4, 0.5) is 17.1 Å². The number of nitrogens with two attached hydrogens (primary N) is 1. The highest BCUT2D eigenvalue weighted by Crippen LogP contribution is 2.23. The van der Waals surface area contributed by atoms with Gasteiger partial charge in [-0.25, -0.2) is 0 Å². The van der Waals surface area contributed by atoms with Crippen LogP contribution in [-0.4, -0.2) is 20.0 Å². The van der Waals surface area contributed by atoms with Crippen LogP contribution < -0.4 is 16.0 Å². The summed E-state index contributed by atoms with van der Waals surface area (Å²) in [5, 5.41) is 2.85. The highest BCUT2D eigenvalue weighted by molar-refractivity contribution is 14.1. The third-order valence-corrected chi connectivity index (χ3v) is 3.59. The molecule has 0 aliphatic heterocycles. The van der Waals surface area contributed by atoms with Crippen LogP contribution in [0.5, 0.6) is 0 Å². The third-order valence-electron chi connectivity index (χ3n) is 2.87. The number of rotatable bonds is 3. The molecule has 0 atom stereocenters. The second kappa shape index (κ2) is 6.13. The summed E-state index contributed by atoms with van der Waals surface area (Å²) in [4.78, 5) is 14.1. The van der Waals surface area contributed by atoms with Gasteiger partial charge in [-0.2, -0.15) is 0 Å². The number of nitrogen functional groups attached to an aromatic ring is 1. The molecule has 0 radical (unpaired) electrons. The molecule has 0 spiro atoms. The van der Waals surface area contributed by atoms with Gasteiger partial charge in [-0.3, -0.25) is 4.79 Å².